The molecule has 0 saturated heterocycles. The number of halogens is 8. The quantitative estimate of drug-likeness (QED) is 0.239. The molecule has 3 aromatic rings. The summed E-state index contributed by atoms with van der Waals surface area (Å²) in [5, 5.41) is 8.93. The molecule has 0 aliphatic heterocycles. The monoisotopic (exact) mass is 622 g/mol. The minimum absolute atomic E-state index is 0.0238. The number of carbonyl (C=O) groups is 2. The van der Waals surface area contributed by atoms with E-state index in [1.807, 2.05) is 0 Å². The van der Waals surface area contributed by atoms with E-state index in [1.54, 1.807) is 25.1 Å². The van der Waals surface area contributed by atoms with Crippen LogP contribution in [-0.2, 0) is 11.3 Å². The fourth-order valence-electron chi connectivity index (χ4n) is 5.14. The second kappa shape index (κ2) is 12.1. The van der Waals surface area contributed by atoms with Crippen molar-refractivity contribution in [3.63, 3.8) is 0 Å². The first-order valence-corrected chi connectivity index (χ1v) is 13.5. The van der Waals surface area contributed by atoms with E-state index < -0.39 is 80.3 Å². The van der Waals surface area contributed by atoms with Gasteiger partial charge in [-0.2, -0.15) is 31.4 Å². The number of alkyl halides is 8. The fraction of sp³-hybridized carbons (Fsp3) is 0.556. The number of imidazole rings is 1. The van der Waals surface area contributed by atoms with Crippen molar-refractivity contribution < 1.29 is 44.7 Å². The molecule has 8 nitrogen and oxygen atoms in total. The van der Waals surface area contributed by atoms with Gasteiger partial charge in [0.05, 0.1) is 41.3 Å². The van der Waals surface area contributed by atoms with Crippen LogP contribution in [-0.4, -0.2) is 49.8 Å². The van der Waals surface area contributed by atoms with Crippen LogP contribution in [0.25, 0.3) is 11.0 Å². The average Bonchev–Trinajstić information content (AvgIpc) is 3.47. The van der Waals surface area contributed by atoms with Crippen molar-refractivity contribution >= 4 is 22.8 Å². The molecule has 1 saturated carbocycles. The number of nitrogens with one attached hydrogen (secondary N) is 3. The number of aromatic amines is 1. The van der Waals surface area contributed by atoms with Gasteiger partial charge in [-0.25, -0.2) is 13.8 Å². The molecule has 3 N–H and O–H groups in total. The number of amides is 2. The van der Waals surface area contributed by atoms with Crippen LogP contribution in [0.2, 0.25) is 0 Å². The molecule has 4 rings (SSSR count). The third-order valence-corrected chi connectivity index (χ3v) is 7.53. The zero-order valence-electron chi connectivity index (χ0n) is 23.2. The topological polar surface area (TPSA) is 105 Å². The fourth-order valence-corrected chi connectivity index (χ4v) is 5.14. The van der Waals surface area contributed by atoms with E-state index in [1.165, 1.54) is 6.92 Å². The molecule has 0 bridgehead atoms. The van der Waals surface area contributed by atoms with Gasteiger partial charge in [0.15, 0.2) is 0 Å². The molecule has 0 radical (unpaired) electrons. The maximum Gasteiger partial charge on any atom is 0.408 e. The van der Waals surface area contributed by atoms with Gasteiger partial charge in [-0.15, -0.1) is 0 Å². The van der Waals surface area contributed by atoms with E-state index in [9.17, 15) is 44.7 Å². The van der Waals surface area contributed by atoms with Crippen molar-refractivity contribution in [2.24, 2.45) is 5.92 Å². The summed E-state index contributed by atoms with van der Waals surface area (Å²) in [6, 6.07) is 3.30. The summed E-state index contributed by atoms with van der Waals surface area (Å²) in [5.74, 6) is -4.62. The third kappa shape index (κ3) is 8.44. The molecular weight excluding hydrogens is 592 g/mol. The van der Waals surface area contributed by atoms with E-state index >= 15 is 0 Å². The van der Waals surface area contributed by atoms with Gasteiger partial charge >= 0.3 is 12.4 Å². The molecule has 1 fully saturated rings. The summed E-state index contributed by atoms with van der Waals surface area (Å²) in [6.07, 6.45) is -10.7. The van der Waals surface area contributed by atoms with Gasteiger partial charge in [0.2, 0.25) is 11.8 Å². The van der Waals surface area contributed by atoms with Crippen LogP contribution in [0.4, 0.5) is 35.1 Å². The number of hydrogen-bond acceptors (Lipinski definition) is 4. The molecule has 1 aliphatic rings. The third-order valence-electron chi connectivity index (χ3n) is 7.53. The van der Waals surface area contributed by atoms with Crippen molar-refractivity contribution in [1.29, 1.82) is 0 Å². The van der Waals surface area contributed by atoms with Gasteiger partial charge in [-0.1, -0.05) is 6.07 Å². The number of hydrogen-bond donors (Lipinski definition) is 3. The second-order valence-corrected chi connectivity index (χ2v) is 10.9. The minimum Gasteiger partial charge on any atom is -0.350 e. The van der Waals surface area contributed by atoms with Gasteiger partial charge in [-0.3, -0.25) is 14.3 Å². The van der Waals surface area contributed by atoms with E-state index in [0.29, 0.717) is 21.3 Å². The molecule has 1 aromatic carbocycles. The molecule has 2 amide bonds. The molecule has 1 aliphatic carbocycles. The largest absolute Gasteiger partial charge is 0.408 e. The van der Waals surface area contributed by atoms with Crippen molar-refractivity contribution in [1.82, 2.24) is 30.4 Å². The summed E-state index contributed by atoms with van der Waals surface area (Å²) in [4.78, 5) is 32.8. The molecule has 0 spiro atoms. The van der Waals surface area contributed by atoms with Crippen molar-refractivity contribution in [3.8, 4) is 0 Å². The molecule has 0 unspecified atom stereocenters. The predicted octanol–water partition coefficient (Wildman–Crippen LogP) is 6.45. The zero-order valence-corrected chi connectivity index (χ0v) is 23.2. The molecule has 43 heavy (non-hydrogen) atoms. The summed E-state index contributed by atoms with van der Waals surface area (Å²) in [6.45, 7) is 1.52. The highest BCUT2D eigenvalue weighted by Gasteiger charge is 2.40. The molecular formula is C27H30F8N6O2. The second-order valence-electron chi connectivity index (χ2n) is 10.9. The lowest BCUT2D eigenvalue weighted by molar-refractivity contribution is -0.144. The normalized spacial score (nSPS) is 17.5. The van der Waals surface area contributed by atoms with Gasteiger partial charge < -0.3 is 15.6 Å². The number of aromatic nitrogens is 4. The SMILES string of the molecule is Cc1c(C(=O)N[C@H](c2nc3ccc([C@@H](C)NC(=O)CCC(F)(F)F)cc3[nH]2)C2CCC(F)(F)CC2)cnn1CC(F)(F)F. The maximum atomic E-state index is 13.9. The lowest BCUT2D eigenvalue weighted by Crippen LogP contribution is -2.38. The summed E-state index contributed by atoms with van der Waals surface area (Å²) < 4.78 is 105. The number of rotatable bonds is 9. The van der Waals surface area contributed by atoms with Crippen LogP contribution in [0.1, 0.15) is 85.0 Å². The summed E-state index contributed by atoms with van der Waals surface area (Å²) in [5.41, 5.74) is 1.31. The Morgan fingerprint density at radius 1 is 1.09 bits per heavy atom. The standard InChI is InChI=1S/C27H30F8N6O2/c1-14(37-21(42)7-10-26(30,31)32)17-3-4-19-20(11-17)39-23(38-19)22(16-5-8-25(28,29)9-6-16)40-24(43)18-12-36-41(15(18)2)13-27(33,34)35/h3-4,11-12,14,16,22H,5-10,13H2,1-2H3,(H,37,42)(H,38,39)(H,40,43)/t14-,22+/m1/s1. The Hall–Kier alpha value is -3.72. The Morgan fingerprint density at radius 3 is 2.40 bits per heavy atom. The van der Waals surface area contributed by atoms with Crippen LogP contribution in [0.5, 0.6) is 0 Å². The Bertz CT molecular complexity index is 1450. The molecule has 2 atom stereocenters. The minimum atomic E-state index is -4.56. The van der Waals surface area contributed by atoms with Crippen LogP contribution < -0.4 is 10.6 Å². The van der Waals surface area contributed by atoms with Crippen molar-refractivity contribution in [2.45, 2.75) is 89.3 Å². The number of fused-ring (bicyclic) bond motifs is 1. The average molecular weight is 623 g/mol. The Kier molecular flexibility index (Phi) is 9.07. The van der Waals surface area contributed by atoms with Crippen molar-refractivity contribution in [3.05, 3.63) is 47.0 Å². The first-order chi connectivity index (χ1) is 19.9. The Labute approximate surface area is 240 Å². The van der Waals surface area contributed by atoms with Gasteiger partial charge in [0.25, 0.3) is 5.91 Å². The lowest BCUT2D eigenvalue weighted by atomic mass is 9.81. The number of nitrogens with zero attached hydrogens (tertiary/aromatic N) is 3. The summed E-state index contributed by atoms with van der Waals surface area (Å²) >= 11 is 0. The first kappa shape index (κ1) is 32.2. The van der Waals surface area contributed by atoms with Gasteiger partial charge in [-0.05, 0) is 50.3 Å². The van der Waals surface area contributed by atoms with Crippen molar-refractivity contribution in [2.75, 3.05) is 0 Å². The maximum absolute atomic E-state index is 13.9. The molecule has 2 heterocycles. The van der Waals surface area contributed by atoms with Gasteiger partial charge in [0, 0.05) is 25.0 Å². The summed E-state index contributed by atoms with van der Waals surface area (Å²) in [7, 11) is 0. The number of H-pyrrole nitrogens is 1. The van der Waals surface area contributed by atoms with E-state index in [-0.39, 0.29) is 29.9 Å². The zero-order chi connectivity index (χ0) is 31.7. The molecule has 236 valence electrons. The van der Waals surface area contributed by atoms with Crippen LogP contribution in [0.15, 0.2) is 24.4 Å². The molecule has 2 aromatic heterocycles. The lowest BCUT2D eigenvalue weighted by Gasteiger charge is -2.33. The number of benzene rings is 1. The molecule has 16 heteroatoms. The highest BCUT2D eigenvalue weighted by Crippen LogP contribution is 2.41. The highest BCUT2D eigenvalue weighted by atomic mass is 19.4. The highest BCUT2D eigenvalue weighted by molar-refractivity contribution is 5.95. The number of carbonyl (C=O) groups excluding carboxylic acids is 2. The van der Waals surface area contributed by atoms with Gasteiger partial charge in [0.1, 0.15) is 12.4 Å². The van der Waals surface area contributed by atoms with Crippen LogP contribution >= 0.6 is 0 Å². The predicted molar refractivity (Wildman–Crippen MR) is 138 cm³/mol. The van der Waals surface area contributed by atoms with Crippen LogP contribution in [0, 0.1) is 12.8 Å². The van der Waals surface area contributed by atoms with E-state index in [2.05, 4.69) is 25.7 Å². The first-order valence-electron chi connectivity index (χ1n) is 13.5. The Morgan fingerprint density at radius 2 is 1.77 bits per heavy atom. The smallest absolute Gasteiger partial charge is 0.350 e. The van der Waals surface area contributed by atoms with Crippen LogP contribution in [0.3, 0.4) is 0 Å². The van der Waals surface area contributed by atoms with E-state index in [0.717, 1.165) is 6.20 Å². The Balaban J connectivity index is 1.57. The van der Waals surface area contributed by atoms with E-state index in [4.69, 9.17) is 0 Å².